The van der Waals surface area contributed by atoms with Crippen LogP contribution in [0.15, 0.2) is 24.3 Å². The van der Waals surface area contributed by atoms with Gasteiger partial charge in [0.1, 0.15) is 0 Å². The highest BCUT2D eigenvalue weighted by molar-refractivity contribution is 5.89. The first-order valence-corrected chi connectivity index (χ1v) is 7.33. The van der Waals surface area contributed by atoms with Crippen molar-refractivity contribution in [2.24, 2.45) is 17.8 Å². The lowest BCUT2D eigenvalue weighted by Crippen LogP contribution is -2.29. The minimum atomic E-state index is -0.288. The van der Waals surface area contributed by atoms with Gasteiger partial charge in [-0.2, -0.15) is 0 Å². The normalized spacial score (nSPS) is 11.4. The third-order valence-corrected chi connectivity index (χ3v) is 3.80. The molecule has 0 amide bonds. The summed E-state index contributed by atoms with van der Waals surface area (Å²) >= 11 is 0. The second-order valence-electron chi connectivity index (χ2n) is 5.97. The van der Waals surface area contributed by atoms with Crippen molar-refractivity contribution in [2.75, 3.05) is 13.7 Å². The molecule has 0 saturated heterocycles. The molecule has 3 nitrogen and oxygen atoms in total. The molecule has 1 rings (SSSR count). The lowest BCUT2D eigenvalue weighted by atomic mass is 9.85. The maximum Gasteiger partial charge on any atom is 0.337 e. The van der Waals surface area contributed by atoms with Crippen LogP contribution in [0.1, 0.15) is 43.6 Å². The van der Waals surface area contributed by atoms with E-state index in [1.165, 1.54) is 12.7 Å². The maximum atomic E-state index is 11.3. The number of hydrogen-bond donors (Lipinski definition) is 1. The van der Waals surface area contributed by atoms with Crippen LogP contribution in [0.2, 0.25) is 0 Å². The average Bonchev–Trinajstić information content (AvgIpc) is 2.42. The van der Waals surface area contributed by atoms with Gasteiger partial charge >= 0.3 is 5.97 Å². The first-order chi connectivity index (χ1) is 9.45. The summed E-state index contributed by atoms with van der Waals surface area (Å²) in [5, 5.41) is 3.51. The third-order valence-electron chi connectivity index (χ3n) is 3.80. The zero-order chi connectivity index (χ0) is 15.1. The van der Waals surface area contributed by atoms with Gasteiger partial charge in [0.15, 0.2) is 0 Å². The molecule has 0 bridgehead atoms. The van der Waals surface area contributed by atoms with Crippen molar-refractivity contribution in [1.82, 2.24) is 5.32 Å². The Morgan fingerprint density at radius 1 is 1.10 bits per heavy atom. The summed E-state index contributed by atoms with van der Waals surface area (Å²) in [6.45, 7) is 11.0. The third kappa shape index (κ3) is 4.97. The number of methoxy groups -OCH3 is 1. The molecule has 1 aromatic carbocycles. The van der Waals surface area contributed by atoms with Gasteiger partial charge in [-0.25, -0.2) is 4.79 Å². The molecular formula is C17H27NO2. The van der Waals surface area contributed by atoms with Gasteiger partial charge in [-0.05, 0) is 42.0 Å². The molecule has 20 heavy (non-hydrogen) atoms. The first-order valence-electron chi connectivity index (χ1n) is 7.33. The second kappa shape index (κ2) is 8.05. The summed E-state index contributed by atoms with van der Waals surface area (Å²) in [4.78, 5) is 11.3. The number of ether oxygens (including phenoxy) is 1. The number of benzene rings is 1. The molecule has 1 N–H and O–H groups in total. The number of hydrogen-bond acceptors (Lipinski definition) is 3. The Balaban J connectivity index is 2.48. The first kappa shape index (κ1) is 16.7. The Kier molecular flexibility index (Phi) is 6.73. The number of carbonyl (C=O) groups excluding carboxylic acids is 1. The average molecular weight is 277 g/mol. The molecule has 0 heterocycles. The van der Waals surface area contributed by atoms with E-state index in [0.717, 1.165) is 13.1 Å². The van der Waals surface area contributed by atoms with Crippen molar-refractivity contribution in [1.29, 1.82) is 0 Å². The molecule has 0 aliphatic rings. The van der Waals surface area contributed by atoms with Crippen LogP contribution >= 0.6 is 0 Å². The minimum absolute atomic E-state index is 0.288. The van der Waals surface area contributed by atoms with Crippen molar-refractivity contribution in [3.05, 3.63) is 35.4 Å². The van der Waals surface area contributed by atoms with Crippen LogP contribution in [-0.4, -0.2) is 19.6 Å². The van der Waals surface area contributed by atoms with Crippen molar-refractivity contribution < 1.29 is 9.53 Å². The molecule has 0 aliphatic heterocycles. The minimum Gasteiger partial charge on any atom is -0.465 e. The predicted octanol–water partition coefficient (Wildman–Crippen LogP) is 3.49. The Hall–Kier alpha value is -1.35. The smallest absolute Gasteiger partial charge is 0.337 e. The summed E-state index contributed by atoms with van der Waals surface area (Å²) in [5.41, 5.74) is 1.78. The van der Waals surface area contributed by atoms with E-state index in [2.05, 4.69) is 37.7 Å². The van der Waals surface area contributed by atoms with Crippen LogP contribution in [0.3, 0.4) is 0 Å². The molecule has 0 aromatic heterocycles. The quantitative estimate of drug-likeness (QED) is 0.775. The van der Waals surface area contributed by atoms with E-state index in [1.807, 2.05) is 24.3 Å². The Labute approximate surface area is 122 Å². The van der Waals surface area contributed by atoms with E-state index in [4.69, 9.17) is 0 Å². The van der Waals surface area contributed by atoms with E-state index in [9.17, 15) is 4.79 Å². The van der Waals surface area contributed by atoms with Gasteiger partial charge in [-0.15, -0.1) is 0 Å². The van der Waals surface area contributed by atoms with Crippen LogP contribution in [0.5, 0.6) is 0 Å². The summed E-state index contributed by atoms with van der Waals surface area (Å²) in [6, 6.07) is 7.56. The fourth-order valence-electron chi connectivity index (χ4n) is 2.50. The van der Waals surface area contributed by atoms with Crippen molar-refractivity contribution in [2.45, 2.75) is 34.2 Å². The van der Waals surface area contributed by atoms with E-state index in [1.54, 1.807) is 0 Å². The molecule has 0 unspecified atom stereocenters. The van der Waals surface area contributed by atoms with Gasteiger partial charge in [0, 0.05) is 6.54 Å². The van der Waals surface area contributed by atoms with Gasteiger partial charge < -0.3 is 10.1 Å². The molecule has 0 aliphatic carbocycles. The van der Waals surface area contributed by atoms with Crippen LogP contribution in [0.25, 0.3) is 0 Å². The van der Waals surface area contributed by atoms with Gasteiger partial charge in [0.25, 0.3) is 0 Å². The molecule has 0 atom stereocenters. The Morgan fingerprint density at radius 2 is 1.65 bits per heavy atom. The van der Waals surface area contributed by atoms with E-state index in [-0.39, 0.29) is 5.97 Å². The SMILES string of the molecule is COC(=O)c1ccc(CNCC(C(C)C)C(C)C)cc1. The Bertz CT molecular complexity index is 402. The summed E-state index contributed by atoms with van der Waals surface area (Å²) in [5.74, 6) is 1.77. The topological polar surface area (TPSA) is 38.3 Å². The van der Waals surface area contributed by atoms with Gasteiger partial charge in [-0.1, -0.05) is 39.8 Å². The fraction of sp³-hybridized carbons (Fsp3) is 0.588. The molecule has 3 heteroatoms. The van der Waals surface area contributed by atoms with Crippen molar-refractivity contribution in [3.63, 3.8) is 0 Å². The predicted molar refractivity (Wildman–Crippen MR) is 82.7 cm³/mol. The fourth-order valence-corrected chi connectivity index (χ4v) is 2.50. The highest BCUT2D eigenvalue weighted by Gasteiger charge is 2.16. The zero-order valence-corrected chi connectivity index (χ0v) is 13.3. The largest absolute Gasteiger partial charge is 0.465 e. The summed E-state index contributed by atoms with van der Waals surface area (Å²) in [7, 11) is 1.40. The Morgan fingerprint density at radius 3 is 2.10 bits per heavy atom. The summed E-state index contributed by atoms with van der Waals surface area (Å²) < 4.78 is 4.69. The molecule has 0 spiro atoms. The van der Waals surface area contributed by atoms with Gasteiger partial charge in [0.2, 0.25) is 0 Å². The number of carbonyl (C=O) groups is 1. The van der Waals surface area contributed by atoms with Crippen LogP contribution in [0.4, 0.5) is 0 Å². The van der Waals surface area contributed by atoms with Crippen LogP contribution < -0.4 is 5.32 Å². The van der Waals surface area contributed by atoms with Crippen LogP contribution in [-0.2, 0) is 11.3 Å². The molecule has 0 radical (unpaired) electrons. The number of esters is 1. The van der Waals surface area contributed by atoms with E-state index >= 15 is 0 Å². The highest BCUT2D eigenvalue weighted by Crippen LogP contribution is 2.19. The zero-order valence-electron chi connectivity index (χ0n) is 13.3. The molecule has 112 valence electrons. The second-order valence-corrected chi connectivity index (χ2v) is 5.97. The van der Waals surface area contributed by atoms with Gasteiger partial charge in [0.05, 0.1) is 12.7 Å². The lowest BCUT2D eigenvalue weighted by Gasteiger charge is -2.25. The standard InChI is InChI=1S/C17H27NO2/c1-12(2)16(13(3)4)11-18-10-14-6-8-15(9-7-14)17(19)20-5/h6-9,12-13,16,18H,10-11H2,1-5H3. The molecule has 1 aromatic rings. The van der Waals surface area contributed by atoms with E-state index in [0.29, 0.717) is 23.3 Å². The monoisotopic (exact) mass is 277 g/mol. The maximum absolute atomic E-state index is 11.3. The molecule has 0 saturated carbocycles. The van der Waals surface area contributed by atoms with Crippen molar-refractivity contribution >= 4 is 5.97 Å². The lowest BCUT2D eigenvalue weighted by molar-refractivity contribution is 0.0600. The van der Waals surface area contributed by atoms with Gasteiger partial charge in [-0.3, -0.25) is 0 Å². The highest BCUT2D eigenvalue weighted by atomic mass is 16.5. The summed E-state index contributed by atoms with van der Waals surface area (Å²) in [6.07, 6.45) is 0. The molecule has 0 fully saturated rings. The number of nitrogens with one attached hydrogen (secondary N) is 1. The van der Waals surface area contributed by atoms with E-state index < -0.39 is 0 Å². The number of rotatable bonds is 7. The molecular weight excluding hydrogens is 250 g/mol. The van der Waals surface area contributed by atoms with Crippen molar-refractivity contribution in [3.8, 4) is 0 Å². The van der Waals surface area contributed by atoms with Crippen LogP contribution in [0, 0.1) is 17.8 Å².